The van der Waals surface area contributed by atoms with Crippen LogP contribution in [-0.2, 0) is 22.0 Å². The van der Waals surface area contributed by atoms with Gasteiger partial charge in [0.15, 0.2) is 0 Å². The van der Waals surface area contributed by atoms with Crippen LogP contribution < -0.4 is 10.0 Å². The van der Waals surface area contributed by atoms with Crippen molar-refractivity contribution in [3.05, 3.63) is 59.2 Å². The number of hydrogen-bond donors (Lipinski definition) is 2. The minimum absolute atomic E-state index is 0.0687. The average molecular weight is 386 g/mol. The SMILES string of the molecule is CCCNc1ccc(NS(=O)(=O)Cc2ccc(C)cc2)cc1C(F)(F)F. The lowest BCUT2D eigenvalue weighted by molar-refractivity contribution is -0.136. The lowest BCUT2D eigenvalue weighted by Crippen LogP contribution is -2.17. The van der Waals surface area contributed by atoms with Crippen LogP contribution in [0.1, 0.15) is 30.0 Å². The molecule has 0 fully saturated rings. The molecule has 0 spiro atoms. The predicted molar refractivity (Wildman–Crippen MR) is 97.7 cm³/mol. The van der Waals surface area contributed by atoms with Crippen LogP contribution >= 0.6 is 0 Å². The van der Waals surface area contributed by atoms with Gasteiger partial charge in [0.1, 0.15) is 0 Å². The third-order valence-electron chi connectivity index (χ3n) is 3.64. The van der Waals surface area contributed by atoms with Gasteiger partial charge in [-0.1, -0.05) is 36.8 Å². The van der Waals surface area contributed by atoms with Crippen molar-refractivity contribution in [2.45, 2.75) is 32.2 Å². The molecule has 4 nitrogen and oxygen atoms in total. The summed E-state index contributed by atoms with van der Waals surface area (Å²) >= 11 is 0. The van der Waals surface area contributed by atoms with E-state index in [2.05, 4.69) is 10.0 Å². The highest BCUT2D eigenvalue weighted by Crippen LogP contribution is 2.36. The van der Waals surface area contributed by atoms with E-state index in [4.69, 9.17) is 0 Å². The largest absolute Gasteiger partial charge is 0.418 e. The molecule has 142 valence electrons. The fourth-order valence-corrected chi connectivity index (χ4v) is 3.56. The Bertz CT molecular complexity index is 848. The maximum Gasteiger partial charge on any atom is 0.418 e. The van der Waals surface area contributed by atoms with E-state index in [0.29, 0.717) is 18.5 Å². The molecule has 2 aromatic rings. The highest BCUT2D eigenvalue weighted by Gasteiger charge is 2.34. The van der Waals surface area contributed by atoms with Crippen molar-refractivity contribution in [3.63, 3.8) is 0 Å². The van der Waals surface area contributed by atoms with Crippen LogP contribution in [0.3, 0.4) is 0 Å². The summed E-state index contributed by atoms with van der Waals surface area (Å²) in [6.07, 6.45) is -3.92. The number of anilines is 2. The second-order valence-corrected chi connectivity index (χ2v) is 7.75. The fourth-order valence-electron chi connectivity index (χ4n) is 2.38. The summed E-state index contributed by atoms with van der Waals surface area (Å²) in [6, 6.07) is 10.3. The standard InChI is InChI=1S/C18H21F3N2O2S/c1-3-10-22-17-9-8-15(11-16(17)18(19,20)21)23-26(24,25)12-14-6-4-13(2)5-7-14/h4-9,11,22-23H,3,10,12H2,1-2H3. The quantitative estimate of drug-likeness (QED) is 0.720. The lowest BCUT2D eigenvalue weighted by atomic mass is 10.1. The van der Waals surface area contributed by atoms with E-state index in [9.17, 15) is 21.6 Å². The van der Waals surface area contributed by atoms with Crippen molar-refractivity contribution in [2.75, 3.05) is 16.6 Å². The van der Waals surface area contributed by atoms with E-state index in [1.54, 1.807) is 24.3 Å². The zero-order valence-electron chi connectivity index (χ0n) is 14.5. The number of hydrogen-bond acceptors (Lipinski definition) is 3. The second-order valence-electron chi connectivity index (χ2n) is 6.03. The Balaban J connectivity index is 2.23. The minimum Gasteiger partial charge on any atom is -0.385 e. The number of aryl methyl sites for hydroxylation is 1. The van der Waals surface area contributed by atoms with Crippen LogP contribution in [0.15, 0.2) is 42.5 Å². The Labute approximate surface area is 151 Å². The molecule has 26 heavy (non-hydrogen) atoms. The molecular weight excluding hydrogens is 365 g/mol. The highest BCUT2D eigenvalue weighted by atomic mass is 32.2. The molecule has 0 atom stereocenters. The topological polar surface area (TPSA) is 58.2 Å². The summed E-state index contributed by atoms with van der Waals surface area (Å²) in [5.74, 6) is -0.315. The van der Waals surface area contributed by atoms with Gasteiger partial charge in [-0.15, -0.1) is 0 Å². The summed E-state index contributed by atoms with van der Waals surface area (Å²) in [5, 5.41) is 2.71. The summed E-state index contributed by atoms with van der Waals surface area (Å²) < 4.78 is 66.5. The van der Waals surface area contributed by atoms with E-state index in [1.165, 1.54) is 12.1 Å². The average Bonchev–Trinajstić information content (AvgIpc) is 2.54. The summed E-state index contributed by atoms with van der Waals surface area (Å²) in [7, 11) is -3.83. The Hall–Kier alpha value is -2.22. The number of benzene rings is 2. The van der Waals surface area contributed by atoms with E-state index < -0.39 is 21.8 Å². The predicted octanol–water partition coefficient (Wildman–Crippen LogP) is 4.78. The van der Waals surface area contributed by atoms with Crippen molar-refractivity contribution in [1.29, 1.82) is 0 Å². The highest BCUT2D eigenvalue weighted by molar-refractivity contribution is 7.91. The van der Waals surface area contributed by atoms with E-state index >= 15 is 0 Å². The van der Waals surface area contributed by atoms with Gasteiger partial charge >= 0.3 is 6.18 Å². The Kier molecular flexibility index (Phi) is 6.17. The number of rotatable bonds is 7. The smallest absolute Gasteiger partial charge is 0.385 e. The van der Waals surface area contributed by atoms with Crippen molar-refractivity contribution in [1.82, 2.24) is 0 Å². The number of nitrogens with one attached hydrogen (secondary N) is 2. The molecule has 0 unspecified atom stereocenters. The molecular formula is C18H21F3N2O2S. The molecule has 0 heterocycles. The first-order chi connectivity index (χ1) is 12.1. The van der Waals surface area contributed by atoms with Crippen molar-refractivity contribution < 1.29 is 21.6 Å². The molecule has 0 aliphatic carbocycles. The molecule has 0 amide bonds. The molecule has 8 heteroatoms. The fraction of sp³-hybridized carbons (Fsp3) is 0.333. The Morgan fingerprint density at radius 1 is 1.04 bits per heavy atom. The van der Waals surface area contributed by atoms with E-state index in [1.807, 2.05) is 13.8 Å². The van der Waals surface area contributed by atoms with Gasteiger partial charge in [-0.3, -0.25) is 4.72 Å². The van der Waals surface area contributed by atoms with Crippen LogP contribution in [0, 0.1) is 6.92 Å². The second kappa shape index (κ2) is 7.99. The molecule has 0 aliphatic heterocycles. The Morgan fingerprint density at radius 3 is 2.27 bits per heavy atom. The maximum atomic E-state index is 13.3. The van der Waals surface area contributed by atoms with Gasteiger partial charge in [0, 0.05) is 17.9 Å². The van der Waals surface area contributed by atoms with Crippen molar-refractivity contribution in [3.8, 4) is 0 Å². The van der Waals surface area contributed by atoms with Crippen molar-refractivity contribution in [2.24, 2.45) is 0 Å². The lowest BCUT2D eigenvalue weighted by Gasteiger charge is -2.16. The summed E-state index contributed by atoms with van der Waals surface area (Å²) in [5.41, 5.74) is 0.457. The maximum absolute atomic E-state index is 13.3. The molecule has 0 aliphatic rings. The third kappa shape index (κ3) is 5.66. The molecule has 0 aromatic heterocycles. The van der Waals surface area contributed by atoms with Crippen molar-refractivity contribution >= 4 is 21.4 Å². The van der Waals surface area contributed by atoms with Gasteiger partial charge in [-0.25, -0.2) is 8.42 Å². The van der Waals surface area contributed by atoms with Gasteiger partial charge in [0.25, 0.3) is 0 Å². The zero-order chi connectivity index (χ0) is 19.4. The van der Waals surface area contributed by atoms with Crippen LogP contribution in [-0.4, -0.2) is 15.0 Å². The van der Waals surface area contributed by atoms with Gasteiger partial charge in [0.05, 0.1) is 11.3 Å². The molecule has 0 bridgehead atoms. The summed E-state index contributed by atoms with van der Waals surface area (Å²) in [4.78, 5) is 0. The first kappa shape index (κ1) is 20.1. The van der Waals surface area contributed by atoms with Crippen LogP contribution in [0.5, 0.6) is 0 Å². The molecule has 2 N–H and O–H groups in total. The zero-order valence-corrected chi connectivity index (χ0v) is 15.3. The van der Waals surface area contributed by atoms with Gasteiger partial charge < -0.3 is 5.32 Å². The van der Waals surface area contributed by atoms with E-state index in [-0.39, 0.29) is 17.1 Å². The molecule has 0 saturated heterocycles. The first-order valence-electron chi connectivity index (χ1n) is 8.12. The van der Waals surface area contributed by atoms with Crippen LogP contribution in [0.2, 0.25) is 0 Å². The molecule has 2 rings (SSSR count). The monoisotopic (exact) mass is 386 g/mol. The number of halogens is 3. The van der Waals surface area contributed by atoms with E-state index in [0.717, 1.165) is 11.6 Å². The normalized spacial score (nSPS) is 12.0. The third-order valence-corrected chi connectivity index (χ3v) is 4.90. The van der Waals surface area contributed by atoms with Gasteiger partial charge in [0.2, 0.25) is 10.0 Å². The summed E-state index contributed by atoms with van der Waals surface area (Å²) in [6.45, 7) is 4.11. The van der Waals surface area contributed by atoms with Crippen LogP contribution in [0.25, 0.3) is 0 Å². The first-order valence-corrected chi connectivity index (χ1v) is 9.77. The van der Waals surface area contributed by atoms with Crippen LogP contribution in [0.4, 0.5) is 24.5 Å². The van der Waals surface area contributed by atoms with Gasteiger partial charge in [-0.2, -0.15) is 13.2 Å². The number of alkyl halides is 3. The van der Waals surface area contributed by atoms with Gasteiger partial charge in [-0.05, 0) is 37.1 Å². The Morgan fingerprint density at radius 2 is 1.69 bits per heavy atom. The molecule has 0 saturated carbocycles. The number of sulfonamides is 1. The molecule has 2 aromatic carbocycles. The molecule has 0 radical (unpaired) electrons. The minimum atomic E-state index is -4.59.